The number of benzene rings is 3. The van der Waals surface area contributed by atoms with Gasteiger partial charge in [0, 0.05) is 11.3 Å². The highest BCUT2D eigenvalue weighted by atomic mass is 32.2. The summed E-state index contributed by atoms with van der Waals surface area (Å²) in [6, 6.07) is 19.0. The number of carbonyl (C=O) groups excluding carboxylic acids is 2. The SMILES string of the molecule is COC(=O)c1ccccc1SC1Cc2ccc3ccccc3c2C(=O)O1. The third-order valence-electron chi connectivity index (χ3n) is 4.40. The van der Waals surface area contributed by atoms with Crippen molar-refractivity contribution in [3.63, 3.8) is 0 Å². The Hall–Kier alpha value is -2.79. The van der Waals surface area contributed by atoms with E-state index in [1.165, 1.54) is 18.9 Å². The average Bonchev–Trinajstić information content (AvgIpc) is 2.67. The van der Waals surface area contributed by atoms with E-state index in [-0.39, 0.29) is 11.4 Å². The molecule has 0 saturated carbocycles. The fourth-order valence-corrected chi connectivity index (χ4v) is 4.30. The Labute approximate surface area is 155 Å². The van der Waals surface area contributed by atoms with Crippen LogP contribution < -0.4 is 0 Å². The first-order valence-electron chi connectivity index (χ1n) is 8.23. The van der Waals surface area contributed by atoms with E-state index in [0.29, 0.717) is 17.5 Å². The van der Waals surface area contributed by atoms with E-state index in [0.717, 1.165) is 21.2 Å². The second-order valence-electron chi connectivity index (χ2n) is 5.97. The second-order valence-corrected chi connectivity index (χ2v) is 7.17. The van der Waals surface area contributed by atoms with Gasteiger partial charge in [0.2, 0.25) is 0 Å². The number of ether oxygens (including phenoxy) is 2. The highest BCUT2D eigenvalue weighted by molar-refractivity contribution is 7.99. The van der Waals surface area contributed by atoms with Gasteiger partial charge in [-0.15, -0.1) is 0 Å². The molecule has 4 nitrogen and oxygen atoms in total. The Balaban J connectivity index is 1.66. The van der Waals surface area contributed by atoms with Crippen LogP contribution in [0.4, 0.5) is 0 Å². The lowest BCUT2D eigenvalue weighted by atomic mass is 9.96. The van der Waals surface area contributed by atoms with E-state index in [9.17, 15) is 9.59 Å². The fraction of sp³-hybridized carbons (Fsp3) is 0.143. The first kappa shape index (κ1) is 16.7. The predicted molar refractivity (Wildman–Crippen MR) is 100 cm³/mol. The summed E-state index contributed by atoms with van der Waals surface area (Å²) in [6.07, 6.45) is 0.589. The van der Waals surface area contributed by atoms with E-state index in [1.54, 1.807) is 12.1 Å². The van der Waals surface area contributed by atoms with Gasteiger partial charge < -0.3 is 9.47 Å². The molecule has 0 saturated heterocycles. The van der Waals surface area contributed by atoms with Gasteiger partial charge in [-0.2, -0.15) is 0 Å². The molecule has 0 spiro atoms. The lowest BCUT2D eigenvalue weighted by Crippen LogP contribution is -2.25. The first-order valence-corrected chi connectivity index (χ1v) is 9.11. The maximum Gasteiger partial charge on any atom is 0.340 e. The molecule has 0 fully saturated rings. The Bertz CT molecular complexity index is 1010. The number of hydrogen-bond acceptors (Lipinski definition) is 5. The fourth-order valence-electron chi connectivity index (χ4n) is 3.18. The van der Waals surface area contributed by atoms with Crippen LogP contribution in [0.5, 0.6) is 0 Å². The van der Waals surface area contributed by atoms with Gasteiger partial charge in [0.1, 0.15) is 0 Å². The number of cyclic esters (lactones) is 1. The molecule has 1 heterocycles. The highest BCUT2D eigenvalue weighted by Gasteiger charge is 2.29. The molecular formula is C21H16O4S. The number of methoxy groups -OCH3 is 1. The molecule has 0 aromatic heterocycles. The Morgan fingerprint density at radius 1 is 1.08 bits per heavy atom. The zero-order valence-electron chi connectivity index (χ0n) is 14.1. The van der Waals surface area contributed by atoms with E-state index in [1.807, 2.05) is 48.5 Å². The smallest absolute Gasteiger partial charge is 0.340 e. The third-order valence-corrected chi connectivity index (χ3v) is 5.53. The van der Waals surface area contributed by atoms with E-state index in [2.05, 4.69) is 0 Å². The topological polar surface area (TPSA) is 52.6 Å². The van der Waals surface area contributed by atoms with Crippen molar-refractivity contribution >= 4 is 34.5 Å². The van der Waals surface area contributed by atoms with Crippen LogP contribution in [-0.4, -0.2) is 24.5 Å². The molecule has 3 aromatic carbocycles. The molecule has 130 valence electrons. The van der Waals surface area contributed by atoms with Crippen LogP contribution in [0.1, 0.15) is 26.3 Å². The summed E-state index contributed by atoms with van der Waals surface area (Å²) in [6.45, 7) is 0. The standard InChI is InChI=1S/C21H16O4S/c1-24-20(22)16-8-4-5-9-17(16)26-18-12-14-11-10-13-6-2-3-7-15(13)19(14)21(23)25-18/h2-11,18H,12H2,1H3. The van der Waals surface area contributed by atoms with Gasteiger partial charge in [-0.25, -0.2) is 9.59 Å². The number of hydrogen-bond donors (Lipinski definition) is 0. The summed E-state index contributed by atoms with van der Waals surface area (Å²) < 4.78 is 10.5. The minimum atomic E-state index is -0.401. The van der Waals surface area contributed by atoms with Gasteiger partial charge in [-0.3, -0.25) is 0 Å². The first-order chi connectivity index (χ1) is 12.7. The molecule has 4 rings (SSSR count). The third kappa shape index (κ3) is 2.95. The van der Waals surface area contributed by atoms with Crippen molar-refractivity contribution in [2.75, 3.05) is 7.11 Å². The maximum atomic E-state index is 12.6. The van der Waals surface area contributed by atoms with Crippen LogP contribution in [0.25, 0.3) is 10.8 Å². The van der Waals surface area contributed by atoms with Crippen molar-refractivity contribution in [2.45, 2.75) is 16.8 Å². The van der Waals surface area contributed by atoms with Crippen molar-refractivity contribution in [1.29, 1.82) is 0 Å². The number of esters is 2. The molecule has 1 unspecified atom stereocenters. The lowest BCUT2D eigenvalue weighted by molar-refractivity contribution is 0.0430. The van der Waals surface area contributed by atoms with Gasteiger partial charge in [-0.1, -0.05) is 60.3 Å². The van der Waals surface area contributed by atoms with Gasteiger partial charge in [-0.05, 0) is 28.5 Å². The second kappa shape index (κ2) is 6.84. The quantitative estimate of drug-likeness (QED) is 0.643. The molecule has 1 aliphatic heterocycles. The molecular weight excluding hydrogens is 348 g/mol. The zero-order valence-corrected chi connectivity index (χ0v) is 14.9. The largest absolute Gasteiger partial charge is 0.465 e. The molecule has 0 N–H and O–H groups in total. The summed E-state index contributed by atoms with van der Waals surface area (Å²) in [5.41, 5.74) is 1.69. The summed E-state index contributed by atoms with van der Waals surface area (Å²) in [5, 5.41) is 1.93. The summed E-state index contributed by atoms with van der Waals surface area (Å²) in [5.74, 6) is -0.724. The van der Waals surface area contributed by atoms with Gasteiger partial charge in [0.15, 0.2) is 5.44 Å². The Kier molecular flexibility index (Phi) is 4.39. The number of thioether (sulfide) groups is 1. The van der Waals surface area contributed by atoms with Crippen molar-refractivity contribution in [3.05, 3.63) is 77.4 Å². The van der Waals surface area contributed by atoms with Gasteiger partial charge >= 0.3 is 11.9 Å². The van der Waals surface area contributed by atoms with Crippen LogP contribution in [-0.2, 0) is 15.9 Å². The molecule has 0 amide bonds. The van der Waals surface area contributed by atoms with E-state index >= 15 is 0 Å². The predicted octanol–water partition coefficient (Wildman–Crippen LogP) is 4.46. The molecule has 1 atom stereocenters. The van der Waals surface area contributed by atoms with Crippen LogP contribution in [0.15, 0.2) is 65.6 Å². The van der Waals surface area contributed by atoms with Crippen molar-refractivity contribution in [1.82, 2.24) is 0 Å². The van der Waals surface area contributed by atoms with Gasteiger partial charge in [0.05, 0.1) is 18.2 Å². The van der Waals surface area contributed by atoms with Crippen LogP contribution in [0.2, 0.25) is 0 Å². The summed E-state index contributed by atoms with van der Waals surface area (Å²) >= 11 is 1.36. The molecule has 0 aliphatic carbocycles. The van der Waals surface area contributed by atoms with Crippen LogP contribution in [0, 0.1) is 0 Å². The van der Waals surface area contributed by atoms with Crippen molar-refractivity contribution < 1.29 is 19.1 Å². The van der Waals surface area contributed by atoms with Crippen molar-refractivity contribution in [3.8, 4) is 0 Å². The monoisotopic (exact) mass is 364 g/mol. The van der Waals surface area contributed by atoms with Crippen LogP contribution in [0.3, 0.4) is 0 Å². The Morgan fingerprint density at radius 3 is 2.69 bits per heavy atom. The molecule has 3 aromatic rings. The van der Waals surface area contributed by atoms with Crippen molar-refractivity contribution in [2.24, 2.45) is 0 Å². The number of rotatable bonds is 3. The molecule has 26 heavy (non-hydrogen) atoms. The Morgan fingerprint density at radius 2 is 1.85 bits per heavy atom. The van der Waals surface area contributed by atoms with Crippen LogP contribution >= 0.6 is 11.8 Å². The zero-order chi connectivity index (χ0) is 18.1. The minimum Gasteiger partial charge on any atom is -0.465 e. The number of fused-ring (bicyclic) bond motifs is 3. The minimum absolute atomic E-state index is 0.323. The maximum absolute atomic E-state index is 12.6. The lowest BCUT2D eigenvalue weighted by Gasteiger charge is -2.25. The molecule has 0 radical (unpaired) electrons. The van der Waals surface area contributed by atoms with Gasteiger partial charge in [0.25, 0.3) is 0 Å². The molecule has 0 bridgehead atoms. The highest BCUT2D eigenvalue weighted by Crippen LogP contribution is 2.36. The normalized spacial score (nSPS) is 16.0. The van der Waals surface area contributed by atoms with E-state index in [4.69, 9.17) is 9.47 Å². The average molecular weight is 364 g/mol. The van der Waals surface area contributed by atoms with E-state index < -0.39 is 5.97 Å². The summed E-state index contributed by atoms with van der Waals surface area (Å²) in [7, 11) is 1.35. The molecule has 1 aliphatic rings. The summed E-state index contributed by atoms with van der Waals surface area (Å²) in [4.78, 5) is 25.3. The molecule has 5 heteroatoms. The number of carbonyl (C=O) groups is 2.